The lowest BCUT2D eigenvalue weighted by atomic mass is 9.83. The van der Waals surface area contributed by atoms with Crippen molar-refractivity contribution in [2.75, 3.05) is 6.54 Å². The number of rotatable bonds is 7. The molecule has 0 saturated heterocycles. The summed E-state index contributed by atoms with van der Waals surface area (Å²) in [5.74, 6) is 0.213. The van der Waals surface area contributed by atoms with E-state index in [2.05, 4.69) is 17.0 Å². The highest BCUT2D eigenvalue weighted by Gasteiger charge is 2.31. The minimum atomic E-state index is -2.76. The number of hydrogen-bond acceptors (Lipinski definition) is 2. The van der Waals surface area contributed by atoms with Crippen LogP contribution in [0.3, 0.4) is 0 Å². The Morgan fingerprint density at radius 3 is 2.40 bits per heavy atom. The van der Waals surface area contributed by atoms with Crippen molar-refractivity contribution >= 4 is 0 Å². The van der Waals surface area contributed by atoms with E-state index in [1.54, 1.807) is 12.1 Å². The van der Waals surface area contributed by atoms with Gasteiger partial charge >= 0.3 is 6.61 Å². The van der Waals surface area contributed by atoms with E-state index in [1.165, 1.54) is 32.1 Å². The molecule has 0 aromatic heterocycles. The Hall–Kier alpha value is -1.16. The van der Waals surface area contributed by atoms with Gasteiger partial charge < -0.3 is 10.1 Å². The second-order valence-corrected chi connectivity index (χ2v) is 5.69. The lowest BCUT2D eigenvalue weighted by molar-refractivity contribution is -0.0498. The van der Waals surface area contributed by atoms with E-state index in [9.17, 15) is 8.78 Å². The van der Waals surface area contributed by atoms with Gasteiger partial charge in [-0.05, 0) is 42.4 Å². The van der Waals surface area contributed by atoms with Crippen molar-refractivity contribution in [2.45, 2.75) is 52.2 Å². The van der Waals surface area contributed by atoms with Gasteiger partial charge in [0.1, 0.15) is 5.75 Å². The molecule has 0 amide bonds. The maximum Gasteiger partial charge on any atom is 0.387 e. The van der Waals surface area contributed by atoms with Crippen molar-refractivity contribution in [3.8, 4) is 5.75 Å². The highest BCUT2D eigenvalue weighted by atomic mass is 19.3. The van der Waals surface area contributed by atoms with Gasteiger partial charge in [-0.2, -0.15) is 8.78 Å². The molecule has 1 aliphatic rings. The molecule has 1 aliphatic carbocycles. The topological polar surface area (TPSA) is 21.3 Å². The second kappa shape index (κ2) is 7.02. The molecule has 20 heavy (non-hydrogen) atoms. The Morgan fingerprint density at radius 1 is 1.20 bits per heavy atom. The summed E-state index contributed by atoms with van der Waals surface area (Å²) in [6.45, 7) is 1.32. The quantitative estimate of drug-likeness (QED) is 0.803. The molecular weight excluding hydrogens is 260 g/mol. The molecule has 1 aromatic carbocycles. The minimum Gasteiger partial charge on any atom is -0.435 e. The largest absolute Gasteiger partial charge is 0.435 e. The fourth-order valence-corrected chi connectivity index (χ4v) is 3.04. The first kappa shape index (κ1) is 15.2. The van der Waals surface area contributed by atoms with Crippen LogP contribution in [-0.2, 0) is 6.54 Å². The molecule has 1 saturated carbocycles. The molecule has 0 spiro atoms. The summed E-state index contributed by atoms with van der Waals surface area (Å²) >= 11 is 0. The third-order valence-electron chi connectivity index (χ3n) is 4.39. The zero-order valence-corrected chi connectivity index (χ0v) is 12.0. The van der Waals surface area contributed by atoms with E-state index in [-0.39, 0.29) is 5.75 Å². The van der Waals surface area contributed by atoms with Gasteiger partial charge in [0, 0.05) is 13.1 Å². The van der Waals surface area contributed by atoms with Crippen LogP contribution >= 0.6 is 0 Å². The highest BCUT2D eigenvalue weighted by Crippen LogP contribution is 2.40. The summed E-state index contributed by atoms with van der Waals surface area (Å²) in [7, 11) is 0. The molecule has 1 N–H and O–H groups in total. The summed E-state index contributed by atoms with van der Waals surface area (Å²) < 4.78 is 28.4. The van der Waals surface area contributed by atoms with E-state index in [0.29, 0.717) is 5.41 Å². The third kappa shape index (κ3) is 4.17. The Kier molecular flexibility index (Phi) is 5.35. The molecule has 2 nitrogen and oxygen atoms in total. The van der Waals surface area contributed by atoms with E-state index in [0.717, 1.165) is 18.7 Å². The Morgan fingerprint density at radius 2 is 1.85 bits per heavy atom. The summed E-state index contributed by atoms with van der Waals surface area (Å²) in [6, 6.07) is 6.85. The Labute approximate surface area is 119 Å². The first-order chi connectivity index (χ1) is 9.63. The fourth-order valence-electron chi connectivity index (χ4n) is 3.04. The van der Waals surface area contributed by atoms with Crippen LogP contribution in [0.25, 0.3) is 0 Å². The number of alkyl halides is 2. The van der Waals surface area contributed by atoms with E-state index in [1.807, 2.05) is 12.1 Å². The average Bonchev–Trinajstić information content (AvgIpc) is 2.90. The van der Waals surface area contributed by atoms with Crippen LogP contribution in [0.5, 0.6) is 5.75 Å². The molecular formula is C16H23F2NO. The number of halogens is 2. The van der Waals surface area contributed by atoms with Gasteiger partial charge in [-0.3, -0.25) is 0 Å². The standard InChI is InChI=1S/C16H23F2NO/c1-2-16(9-3-4-10-16)12-19-11-13-5-7-14(8-6-13)20-15(17)18/h5-8,15,19H,2-4,9-12H2,1H3. The molecule has 0 bridgehead atoms. The maximum absolute atomic E-state index is 12.0. The molecule has 0 radical (unpaired) electrons. The molecule has 0 unspecified atom stereocenters. The molecule has 112 valence electrons. The summed E-state index contributed by atoms with van der Waals surface area (Å²) in [5, 5.41) is 3.51. The second-order valence-electron chi connectivity index (χ2n) is 5.69. The van der Waals surface area contributed by atoms with Crippen molar-refractivity contribution in [2.24, 2.45) is 5.41 Å². The predicted molar refractivity (Wildman–Crippen MR) is 76.0 cm³/mol. The first-order valence-corrected chi connectivity index (χ1v) is 7.38. The van der Waals surface area contributed by atoms with Crippen molar-refractivity contribution < 1.29 is 13.5 Å². The van der Waals surface area contributed by atoms with Gasteiger partial charge in [-0.15, -0.1) is 0 Å². The van der Waals surface area contributed by atoms with Crippen molar-refractivity contribution in [3.05, 3.63) is 29.8 Å². The lowest BCUT2D eigenvalue weighted by Crippen LogP contribution is -2.31. The predicted octanol–water partition coefficient (Wildman–Crippen LogP) is 4.35. The summed E-state index contributed by atoms with van der Waals surface area (Å²) in [4.78, 5) is 0. The van der Waals surface area contributed by atoms with Gasteiger partial charge in [-0.25, -0.2) is 0 Å². The zero-order chi connectivity index (χ0) is 14.4. The molecule has 2 rings (SSSR count). The van der Waals surface area contributed by atoms with Gasteiger partial charge in [0.05, 0.1) is 0 Å². The summed E-state index contributed by atoms with van der Waals surface area (Å²) in [6.07, 6.45) is 6.54. The van der Waals surface area contributed by atoms with Crippen molar-refractivity contribution in [3.63, 3.8) is 0 Å². The number of benzene rings is 1. The smallest absolute Gasteiger partial charge is 0.387 e. The zero-order valence-electron chi connectivity index (χ0n) is 12.0. The van der Waals surface area contributed by atoms with Crippen LogP contribution < -0.4 is 10.1 Å². The highest BCUT2D eigenvalue weighted by molar-refractivity contribution is 5.27. The monoisotopic (exact) mass is 283 g/mol. The van der Waals surface area contributed by atoms with Crippen LogP contribution in [0.2, 0.25) is 0 Å². The molecule has 0 heterocycles. The third-order valence-corrected chi connectivity index (χ3v) is 4.39. The van der Waals surface area contributed by atoms with E-state index in [4.69, 9.17) is 0 Å². The van der Waals surface area contributed by atoms with Crippen LogP contribution in [0, 0.1) is 5.41 Å². The van der Waals surface area contributed by atoms with Crippen LogP contribution in [0.4, 0.5) is 8.78 Å². The molecule has 1 fully saturated rings. The normalized spacial score (nSPS) is 17.6. The maximum atomic E-state index is 12.0. The summed E-state index contributed by atoms with van der Waals surface area (Å²) in [5.41, 5.74) is 1.56. The van der Waals surface area contributed by atoms with Crippen LogP contribution in [-0.4, -0.2) is 13.2 Å². The fraction of sp³-hybridized carbons (Fsp3) is 0.625. The Bertz CT molecular complexity index is 399. The molecule has 1 aromatic rings. The molecule has 0 atom stereocenters. The number of ether oxygens (including phenoxy) is 1. The van der Waals surface area contributed by atoms with Gasteiger partial charge in [0.25, 0.3) is 0 Å². The van der Waals surface area contributed by atoms with Crippen LogP contribution in [0.15, 0.2) is 24.3 Å². The van der Waals surface area contributed by atoms with Crippen molar-refractivity contribution in [1.29, 1.82) is 0 Å². The van der Waals surface area contributed by atoms with Gasteiger partial charge in [0.2, 0.25) is 0 Å². The van der Waals surface area contributed by atoms with E-state index < -0.39 is 6.61 Å². The lowest BCUT2D eigenvalue weighted by Gasteiger charge is -2.27. The minimum absolute atomic E-state index is 0.213. The van der Waals surface area contributed by atoms with Gasteiger partial charge in [0.15, 0.2) is 0 Å². The first-order valence-electron chi connectivity index (χ1n) is 7.38. The van der Waals surface area contributed by atoms with Crippen molar-refractivity contribution in [1.82, 2.24) is 5.32 Å². The average molecular weight is 283 g/mol. The van der Waals surface area contributed by atoms with Gasteiger partial charge in [-0.1, -0.05) is 31.9 Å². The number of nitrogens with one attached hydrogen (secondary N) is 1. The van der Waals surface area contributed by atoms with Crippen LogP contribution in [0.1, 0.15) is 44.6 Å². The molecule has 0 aliphatic heterocycles. The van der Waals surface area contributed by atoms with E-state index >= 15 is 0 Å². The number of hydrogen-bond donors (Lipinski definition) is 1. The molecule has 4 heteroatoms. The SMILES string of the molecule is CCC1(CNCc2ccc(OC(F)F)cc2)CCCC1. The Balaban J connectivity index is 1.79.